The molecule has 0 aliphatic rings. The van der Waals surface area contributed by atoms with Crippen LogP contribution in [0.2, 0.25) is 0 Å². The number of aromatic nitrogens is 1. The number of benzene rings is 2. The fourth-order valence-corrected chi connectivity index (χ4v) is 2.95. The highest BCUT2D eigenvalue weighted by atomic mass is 32.2. The molecule has 3 aromatic rings. The molecule has 2 amide bonds. The molecule has 0 atom stereocenters. The fraction of sp³-hybridized carbons (Fsp3) is 0.105. The molecule has 25 heavy (non-hydrogen) atoms. The molecule has 1 heterocycles. The standard InChI is InChI=1S/C19H17N3O2S/c1-22(2)19(24)25-14-10-8-13(9-11-14)21-18(23)16-5-3-7-17-15(16)6-4-12-20-17/h3-12H,1-2H3,(H,21,23). The highest BCUT2D eigenvalue weighted by molar-refractivity contribution is 8.13. The predicted molar refractivity (Wildman–Crippen MR) is 101 cm³/mol. The summed E-state index contributed by atoms with van der Waals surface area (Å²) >= 11 is 1.14. The van der Waals surface area contributed by atoms with Crippen molar-refractivity contribution in [2.24, 2.45) is 0 Å². The van der Waals surface area contributed by atoms with Crippen molar-refractivity contribution in [2.45, 2.75) is 4.90 Å². The van der Waals surface area contributed by atoms with Crippen molar-refractivity contribution < 1.29 is 9.59 Å². The number of pyridine rings is 1. The van der Waals surface area contributed by atoms with Crippen LogP contribution in [0.1, 0.15) is 10.4 Å². The van der Waals surface area contributed by atoms with E-state index >= 15 is 0 Å². The van der Waals surface area contributed by atoms with Gasteiger partial charge in [-0.25, -0.2) is 0 Å². The first-order chi connectivity index (χ1) is 12.0. The molecule has 0 unspecified atom stereocenters. The molecule has 5 nitrogen and oxygen atoms in total. The molecular formula is C19H17N3O2S. The van der Waals surface area contributed by atoms with Crippen LogP contribution in [0.5, 0.6) is 0 Å². The van der Waals surface area contributed by atoms with Crippen molar-refractivity contribution in [3.63, 3.8) is 0 Å². The first kappa shape index (κ1) is 17.0. The van der Waals surface area contributed by atoms with Crippen molar-refractivity contribution in [2.75, 3.05) is 19.4 Å². The molecule has 0 aliphatic heterocycles. The molecule has 2 aromatic carbocycles. The number of hydrogen-bond donors (Lipinski definition) is 1. The summed E-state index contributed by atoms with van der Waals surface area (Å²) in [5, 5.41) is 3.65. The van der Waals surface area contributed by atoms with Crippen LogP contribution in [0.25, 0.3) is 10.9 Å². The Morgan fingerprint density at radius 2 is 1.76 bits per heavy atom. The smallest absolute Gasteiger partial charge is 0.285 e. The van der Waals surface area contributed by atoms with Gasteiger partial charge in [-0.3, -0.25) is 14.6 Å². The quantitative estimate of drug-likeness (QED) is 0.716. The lowest BCUT2D eigenvalue weighted by Crippen LogP contribution is -2.16. The van der Waals surface area contributed by atoms with E-state index in [1.54, 1.807) is 38.5 Å². The number of carbonyl (C=O) groups excluding carboxylic acids is 2. The van der Waals surface area contributed by atoms with Crippen LogP contribution < -0.4 is 5.32 Å². The van der Waals surface area contributed by atoms with Gasteiger partial charge in [-0.05, 0) is 54.2 Å². The second kappa shape index (κ2) is 7.36. The molecule has 0 saturated carbocycles. The Balaban J connectivity index is 1.75. The molecule has 0 bridgehead atoms. The van der Waals surface area contributed by atoms with E-state index in [4.69, 9.17) is 0 Å². The lowest BCUT2D eigenvalue weighted by atomic mass is 10.1. The third-order valence-corrected chi connectivity index (χ3v) is 4.62. The Morgan fingerprint density at radius 1 is 1.00 bits per heavy atom. The van der Waals surface area contributed by atoms with Gasteiger partial charge in [0.15, 0.2) is 0 Å². The minimum absolute atomic E-state index is 0.0416. The molecule has 0 radical (unpaired) electrons. The van der Waals surface area contributed by atoms with Crippen molar-refractivity contribution in [3.8, 4) is 0 Å². The van der Waals surface area contributed by atoms with Gasteiger partial charge in [-0.15, -0.1) is 0 Å². The average molecular weight is 351 g/mol. The lowest BCUT2D eigenvalue weighted by Gasteiger charge is -2.10. The zero-order chi connectivity index (χ0) is 17.8. The summed E-state index contributed by atoms with van der Waals surface area (Å²) in [6.07, 6.45) is 1.70. The van der Waals surface area contributed by atoms with Crippen LogP contribution >= 0.6 is 11.8 Å². The summed E-state index contributed by atoms with van der Waals surface area (Å²) in [5.41, 5.74) is 2.03. The molecule has 6 heteroatoms. The van der Waals surface area contributed by atoms with E-state index in [0.717, 1.165) is 27.6 Å². The van der Waals surface area contributed by atoms with Gasteiger partial charge in [-0.1, -0.05) is 12.1 Å². The van der Waals surface area contributed by atoms with E-state index in [0.29, 0.717) is 11.3 Å². The zero-order valence-electron chi connectivity index (χ0n) is 13.9. The molecule has 126 valence electrons. The number of rotatable bonds is 3. The third-order valence-electron chi connectivity index (χ3n) is 3.57. The maximum atomic E-state index is 12.6. The maximum absolute atomic E-state index is 12.6. The van der Waals surface area contributed by atoms with Gasteiger partial charge < -0.3 is 10.2 Å². The molecule has 0 aliphatic carbocycles. The monoisotopic (exact) mass is 351 g/mol. The number of amides is 2. The molecular weight excluding hydrogens is 334 g/mol. The van der Waals surface area contributed by atoms with E-state index in [1.165, 1.54) is 4.90 Å². The van der Waals surface area contributed by atoms with E-state index in [9.17, 15) is 9.59 Å². The summed E-state index contributed by atoms with van der Waals surface area (Å²) in [6.45, 7) is 0. The van der Waals surface area contributed by atoms with E-state index in [2.05, 4.69) is 10.3 Å². The van der Waals surface area contributed by atoms with Crippen molar-refractivity contribution in [3.05, 3.63) is 66.4 Å². The number of anilines is 1. The van der Waals surface area contributed by atoms with Crippen LogP contribution in [0.15, 0.2) is 65.7 Å². The van der Waals surface area contributed by atoms with Crippen molar-refractivity contribution >= 4 is 39.5 Å². The fourth-order valence-electron chi connectivity index (χ4n) is 2.30. The summed E-state index contributed by atoms with van der Waals surface area (Å²) in [7, 11) is 3.42. The Labute approximate surface area is 150 Å². The van der Waals surface area contributed by atoms with Gasteiger partial charge >= 0.3 is 0 Å². The average Bonchev–Trinajstić information content (AvgIpc) is 2.62. The van der Waals surface area contributed by atoms with Crippen molar-refractivity contribution in [1.29, 1.82) is 0 Å². The summed E-state index contributed by atoms with van der Waals surface area (Å²) in [4.78, 5) is 30.9. The highest BCUT2D eigenvalue weighted by Gasteiger charge is 2.11. The number of fused-ring (bicyclic) bond motifs is 1. The Hall–Kier alpha value is -2.86. The Morgan fingerprint density at radius 3 is 2.48 bits per heavy atom. The van der Waals surface area contributed by atoms with Gasteiger partial charge in [0.25, 0.3) is 11.1 Å². The molecule has 1 N–H and O–H groups in total. The SMILES string of the molecule is CN(C)C(=O)Sc1ccc(NC(=O)c2cccc3ncccc23)cc1. The van der Waals surface area contributed by atoms with Gasteiger partial charge in [0, 0.05) is 41.8 Å². The number of nitrogens with zero attached hydrogens (tertiary/aromatic N) is 2. The summed E-state index contributed by atoms with van der Waals surface area (Å²) < 4.78 is 0. The first-order valence-corrected chi connectivity index (χ1v) is 8.50. The van der Waals surface area contributed by atoms with Crippen LogP contribution in [0.3, 0.4) is 0 Å². The molecule has 0 saturated heterocycles. The normalized spacial score (nSPS) is 10.5. The number of nitrogens with one attached hydrogen (secondary N) is 1. The minimum Gasteiger partial charge on any atom is -0.339 e. The third kappa shape index (κ3) is 3.97. The number of thioether (sulfide) groups is 1. The second-order valence-electron chi connectivity index (χ2n) is 5.62. The predicted octanol–water partition coefficient (Wildman–Crippen LogP) is 4.26. The Bertz CT molecular complexity index is 918. The lowest BCUT2D eigenvalue weighted by molar-refractivity contribution is 0.102. The first-order valence-electron chi connectivity index (χ1n) is 7.69. The van der Waals surface area contributed by atoms with Crippen LogP contribution in [0, 0.1) is 0 Å². The topological polar surface area (TPSA) is 62.3 Å². The summed E-state index contributed by atoms with van der Waals surface area (Å²) in [5.74, 6) is -0.191. The van der Waals surface area contributed by atoms with E-state index < -0.39 is 0 Å². The van der Waals surface area contributed by atoms with E-state index in [1.807, 2.05) is 36.4 Å². The molecule has 0 spiro atoms. The second-order valence-corrected chi connectivity index (χ2v) is 6.64. The largest absolute Gasteiger partial charge is 0.339 e. The molecule has 1 aromatic heterocycles. The zero-order valence-corrected chi connectivity index (χ0v) is 14.7. The van der Waals surface area contributed by atoms with Crippen LogP contribution in [-0.2, 0) is 0 Å². The van der Waals surface area contributed by atoms with Crippen LogP contribution in [-0.4, -0.2) is 35.1 Å². The maximum Gasteiger partial charge on any atom is 0.285 e. The molecule has 3 rings (SSSR count). The minimum atomic E-state index is -0.191. The van der Waals surface area contributed by atoms with Crippen molar-refractivity contribution in [1.82, 2.24) is 9.88 Å². The molecule has 0 fully saturated rings. The highest BCUT2D eigenvalue weighted by Crippen LogP contribution is 2.23. The number of hydrogen-bond acceptors (Lipinski definition) is 4. The van der Waals surface area contributed by atoms with Crippen LogP contribution in [0.4, 0.5) is 10.5 Å². The van der Waals surface area contributed by atoms with Gasteiger partial charge in [0.05, 0.1) is 5.52 Å². The number of carbonyl (C=O) groups is 2. The van der Waals surface area contributed by atoms with Gasteiger partial charge in [0.1, 0.15) is 0 Å². The van der Waals surface area contributed by atoms with E-state index in [-0.39, 0.29) is 11.1 Å². The summed E-state index contributed by atoms with van der Waals surface area (Å²) in [6, 6.07) is 16.4. The van der Waals surface area contributed by atoms with Gasteiger partial charge in [-0.2, -0.15) is 0 Å². The van der Waals surface area contributed by atoms with Gasteiger partial charge in [0.2, 0.25) is 0 Å². The Kier molecular flexibility index (Phi) is 5.00.